The Hall–Kier alpha value is -4.36. The Balaban J connectivity index is 0.905. The molecule has 0 aromatic rings. The molecule has 60 atom stereocenters. The third kappa shape index (κ3) is 26.0. The van der Waals surface area contributed by atoms with Gasteiger partial charge in [0.15, 0.2) is 75.5 Å². The average Bonchev–Trinajstić information content (AvgIpc) is 0.532. The minimum atomic E-state index is -2.74. The molecule has 12 aliphatic rings. The van der Waals surface area contributed by atoms with Crippen molar-refractivity contribution in [3.8, 4) is 0 Å². The molecule has 12 fully saturated rings. The number of hydrogen-bond donors (Lipinski definition) is 37. The van der Waals surface area contributed by atoms with Crippen molar-refractivity contribution >= 4 is 23.6 Å². The lowest BCUT2D eigenvalue weighted by molar-refractivity contribution is -0.400. The molecule has 0 aromatic carbocycles. The first kappa shape index (κ1) is 118. The Kier molecular flexibility index (Phi) is 42.4. The van der Waals surface area contributed by atoms with Crippen LogP contribution >= 0.6 is 0 Å². The van der Waals surface area contributed by atoms with E-state index in [0.717, 1.165) is 27.7 Å². The largest absolute Gasteiger partial charge is 0.394 e. The van der Waals surface area contributed by atoms with Gasteiger partial charge in [-0.3, -0.25) is 19.2 Å². The summed E-state index contributed by atoms with van der Waals surface area (Å²) < 4.78 is 137. The van der Waals surface area contributed by atoms with Crippen LogP contribution in [0.3, 0.4) is 0 Å². The Labute approximate surface area is 814 Å². The minimum absolute atomic E-state index is 0.880. The number of nitrogens with one attached hydrogen (secondary N) is 4. The van der Waals surface area contributed by atoms with Crippen molar-refractivity contribution in [1.29, 1.82) is 0 Å². The minimum Gasteiger partial charge on any atom is -0.394 e. The zero-order valence-corrected chi connectivity index (χ0v) is 77.2. The van der Waals surface area contributed by atoms with E-state index < -0.39 is 465 Å². The van der Waals surface area contributed by atoms with E-state index in [1.165, 1.54) is 6.92 Å². The average molecular weight is 2110 g/mol. The SMILES string of the molecule is CC(=O)N[C@H]1[C@H](O[C@H]2[C@H](O)[C@@H](O)C(O)O[C@@H]2CO[C@@H]2O[C@@H](C)[C@@H](O)[C@@H](O)[C@@H]2O)O[C@H](CO)[C@@H](O[C@@H]2O[C@H](CO[C@H]3O[C@H](CO[C@@H]4O[C@H](CO)[C@@H](O[C@@H]5O[C@H](CO)[C@H](O)[C@H](O)[C@H]5O)[C@@H](O)[C@H]4NC(C)=O)[C@@H](O)[C@H](O)[C@@H]3O[C@@H]3O[C@H](CO)[C@@H](O[C@@H]4O[C@H](CO)[C@H](O)[C@H](O)[C@H]4O)[C@H](O)[C@H]3NC(C)=O)[C@@H](O)[C@H](O[C@H]3O[C@H](CO)[C@@H](O)[C@H](O)[C@@H]3O[C@@H]3O[C@H](CO)[C@@H](O[C@@H]4O[C@H](CO)[C@H](O)[C@H](O)[C@H]4O)[C@H](O)[C@H]3NC(C)=O)[C@@H]2O)[C@@H]1O. The standard InChI is InChI=1S/C80H134N4O60/c1-17-37(97)48(108)56(116)74(125-17)123-16-32-65(54(114)55(115)69(121)126-32)137-71-34(82-19(3)94)45(105)64(29(13-92)132-71)141-78-60(120)66(142-80-68(52(112)41(101)25(9-88)130-80)144-73-36(84-21(5)96)47(107)63(28(12-91)134-73)140-77-59(119)51(111)40(100)24(8-87)129-77)43(103)31(135-78)15-124-79-67(143-72-35(83-20(4)95)46(106)62(27(11-90)133-72)139-76-58(118)50(110)39(99)23(7-86)128-76)53(113)42(102)30(136-79)14-122-70-33(81-18(2)93)44(104)61(26(10-89)131-70)138-75-57(117)49(109)38(98)22(6-85)127-75/h17,22-80,85-92,97-121H,6-16H2,1-5H3,(H,81,93)(H,82,94)(H,83,95)(H,84,96)/t17-,22+,23+,24+,25+,26+,27+,28+,29+,30+,31+,32+,33+,34+,35+,36+,37+,38-,39-,40-,41+,42+,43+,44-,45+,46+,47+,48+,49-,50-,51-,52-,53-,54+,55+,56-,57+,58+,59+,60-,61+,62+,63+,64+,65+,66-,67-,68-,69?,70+,71-,72-,73-,74+,75-,76-,77-,78-,79-,80+/m0/s1. The van der Waals surface area contributed by atoms with E-state index in [9.17, 15) is 188 Å². The van der Waals surface area contributed by atoms with Crippen molar-refractivity contribution in [2.45, 2.75) is 403 Å². The molecule has 0 radical (unpaired) electrons. The predicted octanol–water partition coefficient (Wildman–Crippen LogP) is -25.6. The number of amides is 4. The first-order chi connectivity index (χ1) is 68.1. The maximum atomic E-state index is 13.4. The molecule has 834 valence electrons. The molecule has 64 nitrogen and oxygen atoms in total. The Morgan fingerprint density at radius 3 is 0.799 bits per heavy atom. The summed E-state index contributed by atoms with van der Waals surface area (Å²) in [6.45, 7) is -7.81. The molecular weight excluding hydrogens is 1980 g/mol. The molecule has 0 aliphatic carbocycles. The van der Waals surface area contributed by atoms with Gasteiger partial charge in [0.25, 0.3) is 0 Å². The zero-order chi connectivity index (χ0) is 106. The Morgan fingerprint density at radius 1 is 0.194 bits per heavy atom. The van der Waals surface area contributed by atoms with Crippen molar-refractivity contribution in [3.63, 3.8) is 0 Å². The summed E-state index contributed by atoms with van der Waals surface area (Å²) >= 11 is 0. The molecule has 0 spiro atoms. The number of ether oxygens (including phenoxy) is 23. The second-order valence-electron chi connectivity index (χ2n) is 36.6. The van der Waals surface area contributed by atoms with E-state index in [2.05, 4.69) is 21.3 Å². The van der Waals surface area contributed by atoms with Crippen LogP contribution in [0.25, 0.3) is 0 Å². The lowest BCUT2D eigenvalue weighted by Gasteiger charge is -2.51. The summed E-state index contributed by atoms with van der Waals surface area (Å²) in [5.74, 6) is -4.05. The molecule has 12 heterocycles. The fourth-order valence-corrected chi connectivity index (χ4v) is 18.7. The molecule has 144 heavy (non-hydrogen) atoms. The summed E-state index contributed by atoms with van der Waals surface area (Å²) in [7, 11) is 0. The van der Waals surface area contributed by atoms with Gasteiger partial charge in [-0.15, -0.1) is 0 Å². The number of rotatable bonds is 37. The van der Waals surface area contributed by atoms with Crippen LogP contribution < -0.4 is 21.3 Å². The van der Waals surface area contributed by atoms with Crippen LogP contribution in [0.5, 0.6) is 0 Å². The number of aliphatic hydroxyl groups excluding tert-OH is 33. The highest BCUT2D eigenvalue weighted by molar-refractivity contribution is 5.74. The maximum Gasteiger partial charge on any atom is 0.217 e. The molecular formula is C80H134N4O60. The number of carbonyl (C=O) groups excluding carboxylic acids is 4. The van der Waals surface area contributed by atoms with Crippen molar-refractivity contribution in [1.82, 2.24) is 21.3 Å². The Bertz CT molecular complexity index is 3970. The van der Waals surface area contributed by atoms with E-state index >= 15 is 0 Å². The lowest BCUT2D eigenvalue weighted by atomic mass is 9.94. The van der Waals surface area contributed by atoms with Crippen molar-refractivity contribution in [2.24, 2.45) is 0 Å². The number of carbonyl (C=O) groups is 4. The van der Waals surface area contributed by atoms with Gasteiger partial charge in [0.1, 0.15) is 287 Å². The van der Waals surface area contributed by atoms with Gasteiger partial charge in [0.2, 0.25) is 23.6 Å². The van der Waals surface area contributed by atoms with Gasteiger partial charge in [0.05, 0.1) is 78.8 Å². The number of hydrogen-bond acceptors (Lipinski definition) is 60. The van der Waals surface area contributed by atoms with E-state index in [4.69, 9.17) is 109 Å². The quantitative estimate of drug-likeness (QED) is 0.0275. The lowest BCUT2D eigenvalue weighted by Crippen LogP contribution is -2.70. The molecule has 4 amide bonds. The summed E-state index contributed by atoms with van der Waals surface area (Å²) in [6.07, 6.45) is -120. The highest BCUT2D eigenvalue weighted by Crippen LogP contribution is 2.42. The molecule has 1 unspecified atom stereocenters. The third-order valence-corrected chi connectivity index (χ3v) is 26.6. The van der Waals surface area contributed by atoms with Crippen LogP contribution in [0.2, 0.25) is 0 Å². The molecule has 0 bridgehead atoms. The highest BCUT2D eigenvalue weighted by atomic mass is 16.8. The van der Waals surface area contributed by atoms with Crippen LogP contribution in [0.1, 0.15) is 34.6 Å². The fourth-order valence-electron chi connectivity index (χ4n) is 18.7. The van der Waals surface area contributed by atoms with Crippen LogP contribution in [0.4, 0.5) is 0 Å². The predicted molar refractivity (Wildman–Crippen MR) is 440 cm³/mol. The summed E-state index contributed by atoms with van der Waals surface area (Å²) in [4.78, 5) is 52.8. The van der Waals surface area contributed by atoms with E-state index in [-0.39, 0.29) is 0 Å². The summed E-state index contributed by atoms with van der Waals surface area (Å²) in [5.41, 5.74) is 0. The molecule has 0 saturated carbocycles. The molecule has 12 saturated heterocycles. The van der Waals surface area contributed by atoms with Crippen LogP contribution in [0, 0.1) is 0 Å². The van der Waals surface area contributed by atoms with Gasteiger partial charge in [-0.1, -0.05) is 0 Å². The molecule has 37 N–H and O–H groups in total. The van der Waals surface area contributed by atoms with Crippen molar-refractivity contribution < 1.29 is 297 Å². The molecule has 0 aromatic heterocycles. The maximum absolute atomic E-state index is 13.4. The van der Waals surface area contributed by atoms with Gasteiger partial charge in [-0.05, 0) is 6.92 Å². The number of aliphatic hydroxyl groups is 33. The highest BCUT2D eigenvalue weighted by Gasteiger charge is 2.63. The van der Waals surface area contributed by atoms with Gasteiger partial charge in [-0.2, -0.15) is 0 Å². The van der Waals surface area contributed by atoms with Gasteiger partial charge in [0, 0.05) is 27.7 Å². The molecule has 64 heteroatoms. The fraction of sp³-hybridized carbons (Fsp3) is 0.950. The van der Waals surface area contributed by atoms with Gasteiger partial charge in [-0.25, -0.2) is 0 Å². The van der Waals surface area contributed by atoms with Crippen LogP contribution in [0.15, 0.2) is 0 Å². The summed E-state index contributed by atoms with van der Waals surface area (Å²) in [6, 6.07) is -8.11. The van der Waals surface area contributed by atoms with E-state index in [1.54, 1.807) is 0 Å². The smallest absolute Gasteiger partial charge is 0.217 e. The van der Waals surface area contributed by atoms with Crippen LogP contribution in [-0.4, -0.2) is 633 Å². The molecule has 12 rings (SSSR count). The molecule has 12 aliphatic heterocycles. The second kappa shape index (κ2) is 51.6. The first-order valence-corrected chi connectivity index (χ1v) is 46.0. The third-order valence-electron chi connectivity index (χ3n) is 26.6. The van der Waals surface area contributed by atoms with Gasteiger partial charge < -0.3 is 299 Å². The van der Waals surface area contributed by atoms with Crippen molar-refractivity contribution in [3.05, 3.63) is 0 Å². The zero-order valence-electron chi connectivity index (χ0n) is 77.2. The summed E-state index contributed by atoms with van der Waals surface area (Å²) in [5, 5.41) is 380. The van der Waals surface area contributed by atoms with Gasteiger partial charge >= 0.3 is 0 Å². The Morgan fingerprint density at radius 2 is 0.431 bits per heavy atom. The van der Waals surface area contributed by atoms with Crippen molar-refractivity contribution in [2.75, 3.05) is 72.7 Å². The first-order valence-electron chi connectivity index (χ1n) is 46.0. The van der Waals surface area contributed by atoms with E-state index in [0.29, 0.717) is 0 Å². The monoisotopic (exact) mass is 2110 g/mol. The van der Waals surface area contributed by atoms with E-state index in [1.807, 2.05) is 0 Å². The van der Waals surface area contributed by atoms with Crippen LogP contribution in [-0.2, 0) is 128 Å². The normalized spacial score (nSPS) is 50.4. The topological polar surface area (TPSA) is 996 Å². The second-order valence-corrected chi connectivity index (χ2v) is 36.6.